The maximum atomic E-state index is 12.1. The molecule has 0 bridgehead atoms. The molecule has 1 aliphatic heterocycles. The van der Waals surface area contributed by atoms with Gasteiger partial charge >= 0.3 is 0 Å². The summed E-state index contributed by atoms with van der Waals surface area (Å²) >= 11 is 7.02. The van der Waals surface area contributed by atoms with Crippen molar-refractivity contribution >= 4 is 51.7 Å². The van der Waals surface area contributed by atoms with Gasteiger partial charge in [0.15, 0.2) is 5.17 Å². The van der Waals surface area contributed by atoms with E-state index in [0.717, 1.165) is 5.71 Å². The number of nitrogens with one attached hydrogen (secondary N) is 2. The van der Waals surface area contributed by atoms with Crippen LogP contribution in [-0.4, -0.2) is 27.9 Å². The van der Waals surface area contributed by atoms with Crippen molar-refractivity contribution in [2.75, 3.05) is 5.32 Å². The van der Waals surface area contributed by atoms with E-state index in [1.165, 1.54) is 11.8 Å². The number of thioether (sulfide) groups is 1. The molecule has 134 valence electrons. The Morgan fingerprint density at radius 1 is 1.32 bits per heavy atom. The second-order valence-corrected chi connectivity index (χ2v) is 8.32. The number of benzene rings is 1. The molecular weight excluding hydrogens is 360 g/mol. The minimum atomic E-state index is -0.517. The van der Waals surface area contributed by atoms with Crippen LogP contribution in [0.3, 0.4) is 0 Å². The number of anilines is 1. The largest absolute Gasteiger partial charge is 0.326 e. The highest BCUT2D eigenvalue weighted by Gasteiger charge is 2.32. The van der Waals surface area contributed by atoms with E-state index in [1.54, 1.807) is 24.3 Å². The Hall–Kier alpha value is -1.86. The number of hydrogen-bond donors (Lipinski definition) is 2. The lowest BCUT2D eigenvalue weighted by molar-refractivity contribution is -0.122. The molecule has 0 aromatic heterocycles. The number of amidine groups is 1. The number of nitrogens with zero attached hydrogens (tertiary/aromatic N) is 2. The topological polar surface area (TPSA) is 82.9 Å². The minimum absolute atomic E-state index is 0.0557. The number of halogens is 1. The predicted octanol–water partition coefficient (Wildman–Crippen LogP) is 3.68. The highest BCUT2D eigenvalue weighted by atomic mass is 35.5. The maximum absolute atomic E-state index is 12.1. The van der Waals surface area contributed by atoms with Crippen molar-refractivity contribution in [3.8, 4) is 0 Å². The van der Waals surface area contributed by atoms with Gasteiger partial charge in [-0.15, -0.1) is 5.10 Å². The maximum Gasteiger partial charge on any atom is 0.240 e. The van der Waals surface area contributed by atoms with Crippen LogP contribution in [0.15, 0.2) is 34.5 Å². The summed E-state index contributed by atoms with van der Waals surface area (Å²) in [5, 5.41) is 14.1. The quantitative estimate of drug-likeness (QED) is 0.617. The molecule has 2 N–H and O–H groups in total. The first kappa shape index (κ1) is 19.5. The van der Waals surface area contributed by atoms with Crippen molar-refractivity contribution in [3.63, 3.8) is 0 Å². The fourth-order valence-corrected chi connectivity index (χ4v) is 2.81. The molecule has 0 saturated carbocycles. The van der Waals surface area contributed by atoms with Crippen molar-refractivity contribution in [1.82, 2.24) is 5.32 Å². The highest BCUT2D eigenvalue weighted by Crippen LogP contribution is 2.24. The number of rotatable bonds is 4. The van der Waals surface area contributed by atoms with Crippen LogP contribution in [0, 0.1) is 5.41 Å². The van der Waals surface area contributed by atoms with E-state index < -0.39 is 5.25 Å². The van der Waals surface area contributed by atoms with E-state index in [-0.39, 0.29) is 23.7 Å². The van der Waals surface area contributed by atoms with E-state index in [9.17, 15) is 9.59 Å². The molecule has 1 aromatic rings. The molecule has 25 heavy (non-hydrogen) atoms. The summed E-state index contributed by atoms with van der Waals surface area (Å²) in [6, 6.07) is 6.79. The summed E-state index contributed by atoms with van der Waals surface area (Å²) in [7, 11) is 0. The molecule has 2 rings (SSSR count). The van der Waals surface area contributed by atoms with E-state index in [1.807, 2.05) is 27.7 Å². The number of hydrogen-bond acceptors (Lipinski definition) is 5. The summed E-state index contributed by atoms with van der Waals surface area (Å²) in [5.41, 5.74) is 1.41. The van der Waals surface area contributed by atoms with Crippen molar-refractivity contribution in [2.24, 2.45) is 15.6 Å². The summed E-state index contributed by atoms with van der Waals surface area (Å²) in [6.07, 6.45) is 0.0557. The molecule has 1 unspecified atom stereocenters. The van der Waals surface area contributed by atoms with Gasteiger partial charge in [-0.25, -0.2) is 0 Å². The third-order valence-corrected chi connectivity index (χ3v) is 4.98. The monoisotopic (exact) mass is 380 g/mol. The second-order valence-electron chi connectivity index (χ2n) is 6.70. The molecule has 1 aliphatic rings. The lowest BCUT2D eigenvalue weighted by Crippen LogP contribution is -2.28. The SMILES string of the molecule is CC(=NN=C1NC(=O)C(CC(=O)Nc2ccc(Cl)cc2)S1)C(C)(C)C. The number of carbonyl (C=O) groups excluding carboxylic acids is 2. The zero-order valence-electron chi connectivity index (χ0n) is 14.6. The first-order valence-corrected chi connectivity index (χ1v) is 9.06. The van der Waals surface area contributed by atoms with Crippen LogP contribution in [-0.2, 0) is 9.59 Å². The zero-order chi connectivity index (χ0) is 18.6. The van der Waals surface area contributed by atoms with Gasteiger partial charge in [-0.1, -0.05) is 44.1 Å². The number of amides is 2. The molecule has 2 amide bonds. The first-order valence-electron chi connectivity index (χ1n) is 7.81. The second kappa shape index (κ2) is 8.01. The molecule has 0 aliphatic carbocycles. The normalized spacial score (nSPS) is 19.9. The van der Waals surface area contributed by atoms with Crippen LogP contribution >= 0.6 is 23.4 Å². The third-order valence-electron chi connectivity index (χ3n) is 3.65. The standard InChI is InChI=1S/C17H21ClN4O2S/c1-10(17(2,3)4)21-22-16-20-15(24)13(25-16)9-14(23)19-12-7-5-11(18)6-8-12/h5-8,13H,9H2,1-4H3,(H,19,23)(H,20,22,24). The van der Waals surface area contributed by atoms with Crippen LogP contribution in [0.4, 0.5) is 5.69 Å². The van der Waals surface area contributed by atoms with Crippen molar-refractivity contribution < 1.29 is 9.59 Å². The van der Waals surface area contributed by atoms with Crippen molar-refractivity contribution in [1.29, 1.82) is 0 Å². The molecule has 1 atom stereocenters. The van der Waals surface area contributed by atoms with Crippen LogP contribution in [0.25, 0.3) is 0 Å². The van der Waals surface area contributed by atoms with Crippen LogP contribution in [0.2, 0.25) is 5.02 Å². The van der Waals surface area contributed by atoms with Gasteiger partial charge in [-0.05, 0) is 31.2 Å². The smallest absolute Gasteiger partial charge is 0.240 e. The lowest BCUT2D eigenvalue weighted by Gasteiger charge is -2.16. The van der Waals surface area contributed by atoms with Gasteiger partial charge in [0.1, 0.15) is 5.25 Å². The van der Waals surface area contributed by atoms with Gasteiger partial charge in [0.05, 0.1) is 0 Å². The Balaban J connectivity index is 1.94. The number of carbonyl (C=O) groups is 2. The molecular formula is C17H21ClN4O2S. The summed E-state index contributed by atoms with van der Waals surface area (Å²) in [4.78, 5) is 24.1. The Morgan fingerprint density at radius 3 is 2.56 bits per heavy atom. The predicted molar refractivity (Wildman–Crippen MR) is 104 cm³/mol. The van der Waals surface area contributed by atoms with Gasteiger partial charge in [0.2, 0.25) is 11.8 Å². The Morgan fingerprint density at radius 2 is 1.96 bits per heavy atom. The Bertz CT molecular complexity index is 723. The molecule has 1 heterocycles. The highest BCUT2D eigenvalue weighted by molar-refractivity contribution is 8.15. The fourth-order valence-electron chi connectivity index (χ4n) is 1.77. The van der Waals surface area contributed by atoms with Gasteiger partial charge in [-0.3, -0.25) is 9.59 Å². The van der Waals surface area contributed by atoms with Crippen LogP contribution < -0.4 is 10.6 Å². The fraction of sp³-hybridized carbons (Fsp3) is 0.412. The van der Waals surface area contributed by atoms with E-state index >= 15 is 0 Å². The average Bonchev–Trinajstić information content (AvgIpc) is 2.86. The molecule has 0 radical (unpaired) electrons. The van der Waals surface area contributed by atoms with Gasteiger partial charge < -0.3 is 10.6 Å². The summed E-state index contributed by atoms with van der Waals surface area (Å²) < 4.78 is 0. The average molecular weight is 381 g/mol. The van der Waals surface area contributed by atoms with Gasteiger partial charge in [-0.2, -0.15) is 5.10 Å². The lowest BCUT2D eigenvalue weighted by atomic mass is 9.91. The molecule has 8 heteroatoms. The molecule has 6 nitrogen and oxygen atoms in total. The van der Waals surface area contributed by atoms with E-state index in [4.69, 9.17) is 11.6 Å². The van der Waals surface area contributed by atoms with Gasteiger partial charge in [0, 0.05) is 28.3 Å². The van der Waals surface area contributed by atoms with Gasteiger partial charge in [0.25, 0.3) is 0 Å². The third kappa shape index (κ3) is 5.86. The van der Waals surface area contributed by atoms with Crippen molar-refractivity contribution in [3.05, 3.63) is 29.3 Å². The van der Waals surface area contributed by atoms with Crippen molar-refractivity contribution in [2.45, 2.75) is 39.4 Å². The minimum Gasteiger partial charge on any atom is -0.326 e. The zero-order valence-corrected chi connectivity index (χ0v) is 16.2. The molecule has 1 saturated heterocycles. The molecule has 0 spiro atoms. The Labute approximate surface area is 156 Å². The first-order chi connectivity index (χ1) is 11.6. The summed E-state index contributed by atoms with van der Waals surface area (Å²) in [5.74, 6) is -0.482. The van der Waals surface area contributed by atoms with E-state index in [2.05, 4.69) is 20.8 Å². The van der Waals surface area contributed by atoms with Crippen LogP contribution in [0.1, 0.15) is 34.1 Å². The van der Waals surface area contributed by atoms with Crippen LogP contribution in [0.5, 0.6) is 0 Å². The molecule has 1 fully saturated rings. The summed E-state index contributed by atoms with van der Waals surface area (Å²) in [6.45, 7) is 8.01. The molecule has 1 aromatic carbocycles. The Kier molecular flexibility index (Phi) is 6.24. The van der Waals surface area contributed by atoms with E-state index in [0.29, 0.717) is 15.9 Å².